The van der Waals surface area contributed by atoms with Gasteiger partial charge in [-0.25, -0.2) is 9.48 Å². The van der Waals surface area contributed by atoms with Crippen LogP contribution in [0.4, 0.5) is 4.79 Å². The average molecular weight is 488 g/mol. The van der Waals surface area contributed by atoms with Gasteiger partial charge in [-0.1, -0.05) is 78.4 Å². The van der Waals surface area contributed by atoms with Crippen molar-refractivity contribution in [2.45, 2.75) is 33.0 Å². The number of rotatable bonds is 4. The second-order valence-corrected chi connectivity index (χ2v) is 9.53. The van der Waals surface area contributed by atoms with Crippen molar-refractivity contribution in [2.24, 2.45) is 0 Å². The third kappa shape index (κ3) is 4.20. The predicted octanol–water partition coefficient (Wildman–Crippen LogP) is 6.09. The van der Waals surface area contributed by atoms with Crippen LogP contribution in [0.2, 0.25) is 0 Å². The number of fused-ring (bicyclic) bond motifs is 3. The summed E-state index contributed by atoms with van der Waals surface area (Å²) in [6, 6.07) is 32.4. The van der Waals surface area contributed by atoms with Crippen molar-refractivity contribution in [3.63, 3.8) is 0 Å². The van der Waals surface area contributed by atoms with E-state index in [1.165, 1.54) is 0 Å². The minimum atomic E-state index is -0.262. The Morgan fingerprint density at radius 3 is 2.43 bits per heavy atom. The van der Waals surface area contributed by atoms with Crippen molar-refractivity contribution >= 4 is 6.03 Å². The number of aromatic nitrogens is 3. The molecule has 0 radical (unpaired) electrons. The number of hydrogen-bond acceptors (Lipinski definition) is 2. The number of hydrogen-bond donors (Lipinski definition) is 1. The number of nitrogens with zero attached hydrogens (tertiary/aromatic N) is 4. The SMILES string of the molecule is Cc1cccc([C@@H]2c3cccn3-c3c(c(C)nn3-c3ccccc3)CN2C(=O)NCc2ccccc2)c1. The Bertz CT molecular complexity index is 1550. The third-order valence-corrected chi connectivity index (χ3v) is 6.99. The number of nitrogens with one attached hydrogen (secondary N) is 1. The van der Waals surface area contributed by atoms with Crippen LogP contribution in [0.3, 0.4) is 0 Å². The van der Waals surface area contributed by atoms with Crippen molar-refractivity contribution in [3.05, 3.63) is 137 Å². The van der Waals surface area contributed by atoms with Crippen LogP contribution in [-0.2, 0) is 13.1 Å². The number of amides is 2. The van der Waals surface area contributed by atoms with Gasteiger partial charge in [0, 0.05) is 18.3 Å². The Labute approximate surface area is 216 Å². The van der Waals surface area contributed by atoms with Gasteiger partial charge >= 0.3 is 6.03 Å². The molecule has 0 saturated heterocycles. The van der Waals surface area contributed by atoms with Crippen LogP contribution in [0.5, 0.6) is 0 Å². The van der Waals surface area contributed by atoms with E-state index in [-0.39, 0.29) is 12.1 Å². The number of aryl methyl sites for hydroxylation is 2. The lowest BCUT2D eigenvalue weighted by molar-refractivity contribution is 0.180. The van der Waals surface area contributed by atoms with Crippen LogP contribution in [0.15, 0.2) is 103 Å². The zero-order chi connectivity index (χ0) is 25.4. The molecule has 2 amide bonds. The van der Waals surface area contributed by atoms with E-state index >= 15 is 0 Å². The molecule has 0 unspecified atom stereocenters. The van der Waals surface area contributed by atoms with E-state index in [1.54, 1.807) is 0 Å². The molecular weight excluding hydrogens is 458 g/mol. The Kier molecular flexibility index (Phi) is 5.85. The first kappa shape index (κ1) is 22.9. The summed E-state index contributed by atoms with van der Waals surface area (Å²) in [6.07, 6.45) is 2.07. The first-order valence-corrected chi connectivity index (χ1v) is 12.6. The summed E-state index contributed by atoms with van der Waals surface area (Å²) in [4.78, 5) is 15.8. The minimum absolute atomic E-state index is 0.108. The quantitative estimate of drug-likeness (QED) is 0.333. The molecule has 3 heterocycles. The minimum Gasteiger partial charge on any atom is -0.334 e. The van der Waals surface area contributed by atoms with E-state index in [4.69, 9.17) is 5.10 Å². The van der Waals surface area contributed by atoms with Crippen molar-refractivity contribution in [3.8, 4) is 11.5 Å². The molecule has 1 aliphatic rings. The monoisotopic (exact) mass is 487 g/mol. The van der Waals surface area contributed by atoms with Crippen molar-refractivity contribution in [1.82, 2.24) is 24.6 Å². The van der Waals surface area contributed by atoms with E-state index in [2.05, 4.69) is 65.5 Å². The lowest BCUT2D eigenvalue weighted by Crippen LogP contribution is -2.41. The summed E-state index contributed by atoms with van der Waals surface area (Å²) < 4.78 is 4.19. The highest BCUT2D eigenvalue weighted by Gasteiger charge is 2.35. The highest BCUT2D eigenvalue weighted by atomic mass is 16.2. The molecule has 0 aliphatic carbocycles. The van der Waals surface area contributed by atoms with E-state index in [0.717, 1.165) is 45.1 Å². The van der Waals surface area contributed by atoms with Gasteiger partial charge in [-0.15, -0.1) is 0 Å². The fourth-order valence-electron chi connectivity index (χ4n) is 5.22. The predicted molar refractivity (Wildman–Crippen MR) is 145 cm³/mol. The maximum Gasteiger partial charge on any atom is 0.318 e. The summed E-state index contributed by atoms with van der Waals surface area (Å²) in [5.74, 6) is 0.972. The molecule has 6 heteroatoms. The summed E-state index contributed by atoms with van der Waals surface area (Å²) in [6.45, 7) is 5.02. The number of carbonyl (C=O) groups excluding carboxylic acids is 1. The van der Waals surface area contributed by atoms with E-state index in [0.29, 0.717) is 13.1 Å². The van der Waals surface area contributed by atoms with Crippen molar-refractivity contribution in [2.75, 3.05) is 0 Å². The largest absolute Gasteiger partial charge is 0.334 e. The molecular formula is C31H29N5O. The maximum atomic E-state index is 13.9. The average Bonchev–Trinajstić information content (AvgIpc) is 3.48. The van der Waals surface area contributed by atoms with Crippen LogP contribution in [0.25, 0.3) is 11.5 Å². The van der Waals surface area contributed by atoms with Crippen LogP contribution < -0.4 is 5.32 Å². The van der Waals surface area contributed by atoms with Gasteiger partial charge in [0.2, 0.25) is 0 Å². The van der Waals surface area contributed by atoms with Gasteiger partial charge in [-0.05, 0) is 49.2 Å². The summed E-state index contributed by atoms with van der Waals surface area (Å²) >= 11 is 0. The molecule has 184 valence electrons. The van der Waals surface area contributed by atoms with Gasteiger partial charge in [0.05, 0.1) is 29.7 Å². The topological polar surface area (TPSA) is 55.1 Å². The summed E-state index contributed by atoms with van der Waals surface area (Å²) in [7, 11) is 0. The molecule has 1 N–H and O–H groups in total. The Hall–Kier alpha value is -4.58. The van der Waals surface area contributed by atoms with Crippen molar-refractivity contribution in [1.29, 1.82) is 0 Å². The number of urea groups is 1. The van der Waals surface area contributed by atoms with Gasteiger partial charge in [0.1, 0.15) is 5.82 Å². The van der Waals surface area contributed by atoms with Gasteiger partial charge in [-0.2, -0.15) is 5.10 Å². The second kappa shape index (κ2) is 9.47. The lowest BCUT2D eigenvalue weighted by atomic mass is 10.00. The normalized spacial score (nSPS) is 14.5. The maximum absolute atomic E-state index is 13.9. The van der Waals surface area contributed by atoms with Gasteiger partial charge in [0.15, 0.2) is 0 Å². The number of para-hydroxylation sites is 1. The molecule has 3 aromatic carbocycles. The van der Waals surface area contributed by atoms with Crippen LogP contribution in [0.1, 0.15) is 39.7 Å². The number of carbonyl (C=O) groups is 1. The Morgan fingerprint density at radius 1 is 0.919 bits per heavy atom. The molecule has 0 spiro atoms. The van der Waals surface area contributed by atoms with E-state index in [9.17, 15) is 4.79 Å². The Balaban J connectivity index is 1.49. The first-order valence-electron chi connectivity index (χ1n) is 12.6. The molecule has 6 rings (SSSR count). The molecule has 2 aromatic heterocycles. The summed E-state index contributed by atoms with van der Waals surface area (Å²) in [5, 5.41) is 8.09. The summed E-state index contributed by atoms with van der Waals surface area (Å²) in [5.41, 5.74) is 7.26. The van der Waals surface area contributed by atoms with Crippen LogP contribution in [-0.4, -0.2) is 25.3 Å². The van der Waals surface area contributed by atoms with Gasteiger partial charge in [-0.3, -0.25) is 0 Å². The number of benzene rings is 3. The Morgan fingerprint density at radius 2 is 1.68 bits per heavy atom. The highest BCUT2D eigenvalue weighted by Crippen LogP contribution is 2.38. The van der Waals surface area contributed by atoms with Gasteiger partial charge < -0.3 is 14.8 Å². The second-order valence-electron chi connectivity index (χ2n) is 9.53. The fraction of sp³-hybridized carbons (Fsp3) is 0.161. The van der Waals surface area contributed by atoms with Crippen LogP contribution in [0, 0.1) is 13.8 Å². The lowest BCUT2D eigenvalue weighted by Gasteiger charge is -2.31. The molecule has 0 saturated carbocycles. The zero-order valence-corrected chi connectivity index (χ0v) is 21.0. The van der Waals surface area contributed by atoms with Crippen LogP contribution >= 0.6 is 0 Å². The molecule has 1 atom stereocenters. The molecule has 37 heavy (non-hydrogen) atoms. The standard InChI is InChI=1S/C31H29N5O/c1-22-11-9-14-25(19-22)29-28-17-10-18-34(28)30-27(23(2)33-36(30)26-15-7-4-8-16-26)21-35(29)31(37)32-20-24-12-5-3-6-13-24/h3-19,29H,20-21H2,1-2H3,(H,32,37)/t29-/m1/s1. The zero-order valence-electron chi connectivity index (χ0n) is 21.0. The molecule has 0 fully saturated rings. The first-order chi connectivity index (χ1) is 18.1. The van der Waals surface area contributed by atoms with E-state index in [1.807, 2.05) is 71.1 Å². The molecule has 5 aromatic rings. The fourth-order valence-corrected chi connectivity index (χ4v) is 5.22. The molecule has 1 aliphatic heterocycles. The molecule has 0 bridgehead atoms. The smallest absolute Gasteiger partial charge is 0.318 e. The van der Waals surface area contributed by atoms with Gasteiger partial charge in [0.25, 0.3) is 0 Å². The molecule has 6 nitrogen and oxygen atoms in total. The van der Waals surface area contributed by atoms with E-state index < -0.39 is 0 Å². The highest BCUT2D eigenvalue weighted by molar-refractivity contribution is 5.76. The van der Waals surface area contributed by atoms with Crippen molar-refractivity contribution < 1.29 is 4.79 Å². The third-order valence-electron chi connectivity index (χ3n) is 6.99.